The Morgan fingerprint density at radius 3 is 2.95 bits per heavy atom. The lowest BCUT2D eigenvalue weighted by molar-refractivity contribution is 0.552. The van der Waals surface area contributed by atoms with Gasteiger partial charge < -0.3 is 10.2 Å². The van der Waals surface area contributed by atoms with Crippen LogP contribution in [-0.4, -0.2) is 36.1 Å². The van der Waals surface area contributed by atoms with Crippen molar-refractivity contribution in [3.63, 3.8) is 0 Å². The summed E-state index contributed by atoms with van der Waals surface area (Å²) in [5.41, 5.74) is 1.15. The van der Waals surface area contributed by atoms with Gasteiger partial charge in [0.25, 0.3) is 0 Å². The van der Waals surface area contributed by atoms with Crippen LogP contribution in [0, 0.1) is 5.92 Å². The minimum atomic E-state index is 0.565. The zero-order valence-corrected chi connectivity index (χ0v) is 14.1. The van der Waals surface area contributed by atoms with Crippen LogP contribution in [0.4, 0.5) is 5.82 Å². The SMILES string of the molecule is CC(C)CNCc1cnc(N(C)C2CCSC2)c(Cl)c1. The maximum atomic E-state index is 6.41. The molecule has 5 heteroatoms. The molecule has 3 nitrogen and oxygen atoms in total. The average Bonchev–Trinajstić information content (AvgIpc) is 2.91. The van der Waals surface area contributed by atoms with Gasteiger partial charge in [-0.05, 0) is 36.3 Å². The molecule has 1 N–H and O–H groups in total. The number of anilines is 1. The van der Waals surface area contributed by atoms with E-state index in [0.717, 1.165) is 29.5 Å². The van der Waals surface area contributed by atoms with Crippen LogP contribution >= 0.6 is 23.4 Å². The first-order valence-electron chi connectivity index (χ1n) is 7.23. The molecule has 20 heavy (non-hydrogen) atoms. The molecule has 1 aliphatic rings. The predicted octanol–water partition coefficient (Wildman–Crippen LogP) is 3.42. The van der Waals surface area contributed by atoms with Gasteiger partial charge in [-0.2, -0.15) is 11.8 Å². The fourth-order valence-corrected chi connectivity index (χ4v) is 3.92. The molecule has 1 fully saturated rings. The average molecular weight is 314 g/mol. The van der Waals surface area contributed by atoms with Crippen LogP contribution in [-0.2, 0) is 6.54 Å². The first-order valence-corrected chi connectivity index (χ1v) is 8.77. The van der Waals surface area contributed by atoms with Crippen molar-refractivity contribution in [1.82, 2.24) is 10.3 Å². The van der Waals surface area contributed by atoms with Crippen LogP contribution in [0.5, 0.6) is 0 Å². The van der Waals surface area contributed by atoms with Crippen LogP contribution in [0.2, 0.25) is 5.02 Å². The van der Waals surface area contributed by atoms with Crippen molar-refractivity contribution in [2.75, 3.05) is 30.0 Å². The standard InChI is InChI=1S/C15H24ClN3S/c1-11(2)7-17-8-12-6-14(16)15(18-9-12)19(3)13-4-5-20-10-13/h6,9,11,13,17H,4-5,7-8,10H2,1-3H3. The number of nitrogens with zero attached hydrogens (tertiary/aromatic N) is 2. The van der Waals surface area contributed by atoms with Gasteiger partial charge in [0.15, 0.2) is 0 Å². The molecule has 0 saturated carbocycles. The van der Waals surface area contributed by atoms with Gasteiger partial charge in [0.2, 0.25) is 0 Å². The van der Waals surface area contributed by atoms with E-state index in [4.69, 9.17) is 11.6 Å². The van der Waals surface area contributed by atoms with Crippen LogP contribution in [0.1, 0.15) is 25.8 Å². The van der Waals surface area contributed by atoms with E-state index in [1.54, 1.807) is 0 Å². The second-order valence-corrected chi connectivity index (χ2v) is 7.36. The van der Waals surface area contributed by atoms with Crippen molar-refractivity contribution in [3.8, 4) is 0 Å². The van der Waals surface area contributed by atoms with E-state index in [9.17, 15) is 0 Å². The Bertz CT molecular complexity index is 433. The monoisotopic (exact) mass is 313 g/mol. The van der Waals surface area contributed by atoms with Gasteiger partial charge in [0.05, 0.1) is 5.02 Å². The minimum Gasteiger partial charge on any atom is -0.355 e. The van der Waals surface area contributed by atoms with E-state index in [1.807, 2.05) is 24.0 Å². The van der Waals surface area contributed by atoms with Gasteiger partial charge in [-0.15, -0.1) is 0 Å². The highest BCUT2D eigenvalue weighted by Crippen LogP contribution is 2.29. The Morgan fingerprint density at radius 1 is 1.55 bits per heavy atom. The summed E-state index contributed by atoms with van der Waals surface area (Å²) in [4.78, 5) is 6.80. The van der Waals surface area contributed by atoms with Gasteiger partial charge in [-0.25, -0.2) is 4.98 Å². The smallest absolute Gasteiger partial charge is 0.147 e. The lowest BCUT2D eigenvalue weighted by Gasteiger charge is -2.25. The molecule has 0 aromatic carbocycles. The number of halogens is 1. The molecule has 1 unspecified atom stereocenters. The van der Waals surface area contributed by atoms with E-state index in [0.29, 0.717) is 12.0 Å². The fourth-order valence-electron chi connectivity index (χ4n) is 2.33. The van der Waals surface area contributed by atoms with Gasteiger partial charge >= 0.3 is 0 Å². The van der Waals surface area contributed by atoms with Gasteiger partial charge in [-0.1, -0.05) is 25.4 Å². The number of pyridine rings is 1. The first-order chi connectivity index (χ1) is 9.58. The number of thioether (sulfide) groups is 1. The third-order valence-electron chi connectivity index (χ3n) is 3.55. The van der Waals surface area contributed by atoms with Crippen LogP contribution < -0.4 is 10.2 Å². The maximum Gasteiger partial charge on any atom is 0.147 e. The molecule has 1 aliphatic heterocycles. The molecule has 0 radical (unpaired) electrons. The van der Waals surface area contributed by atoms with Crippen molar-refractivity contribution in [1.29, 1.82) is 0 Å². The molecule has 112 valence electrons. The number of nitrogens with one attached hydrogen (secondary N) is 1. The van der Waals surface area contributed by atoms with Crippen molar-refractivity contribution in [2.24, 2.45) is 5.92 Å². The third kappa shape index (κ3) is 4.27. The van der Waals surface area contributed by atoms with Gasteiger partial charge in [0, 0.05) is 31.6 Å². The minimum absolute atomic E-state index is 0.565. The third-order valence-corrected chi connectivity index (χ3v) is 4.97. The summed E-state index contributed by atoms with van der Waals surface area (Å²) in [6, 6.07) is 2.60. The predicted molar refractivity (Wildman–Crippen MR) is 89.9 cm³/mol. The van der Waals surface area contributed by atoms with Crippen molar-refractivity contribution in [2.45, 2.75) is 32.9 Å². The number of hydrogen-bond acceptors (Lipinski definition) is 4. The molecule has 1 atom stereocenters. The largest absolute Gasteiger partial charge is 0.355 e. The van der Waals surface area contributed by atoms with E-state index < -0.39 is 0 Å². The molecule has 1 saturated heterocycles. The van der Waals surface area contributed by atoms with Crippen LogP contribution in [0.3, 0.4) is 0 Å². The Balaban J connectivity index is 1.98. The van der Waals surface area contributed by atoms with E-state index in [-0.39, 0.29) is 0 Å². The lowest BCUT2D eigenvalue weighted by atomic mass is 10.2. The van der Waals surface area contributed by atoms with Crippen molar-refractivity contribution in [3.05, 3.63) is 22.8 Å². The van der Waals surface area contributed by atoms with E-state index in [2.05, 4.69) is 36.1 Å². The maximum absolute atomic E-state index is 6.41. The molecular weight excluding hydrogens is 290 g/mol. The summed E-state index contributed by atoms with van der Waals surface area (Å²) < 4.78 is 0. The molecule has 0 spiro atoms. The molecule has 0 amide bonds. The highest BCUT2D eigenvalue weighted by Gasteiger charge is 2.22. The molecule has 1 aromatic rings. The lowest BCUT2D eigenvalue weighted by Crippen LogP contribution is -2.32. The van der Waals surface area contributed by atoms with Crippen molar-refractivity contribution >= 4 is 29.2 Å². The molecule has 1 aromatic heterocycles. The molecule has 0 aliphatic carbocycles. The van der Waals surface area contributed by atoms with Gasteiger partial charge in [-0.3, -0.25) is 0 Å². The summed E-state index contributed by atoms with van der Waals surface area (Å²) in [5, 5.41) is 4.17. The summed E-state index contributed by atoms with van der Waals surface area (Å²) in [6.07, 6.45) is 3.16. The summed E-state index contributed by atoms with van der Waals surface area (Å²) in [6.45, 7) is 6.25. The quantitative estimate of drug-likeness (QED) is 0.871. The first kappa shape index (κ1) is 15.9. The summed E-state index contributed by atoms with van der Waals surface area (Å²) in [5.74, 6) is 3.98. The van der Waals surface area contributed by atoms with E-state index in [1.165, 1.54) is 17.9 Å². The summed E-state index contributed by atoms with van der Waals surface area (Å²) in [7, 11) is 2.10. The van der Waals surface area contributed by atoms with Crippen LogP contribution in [0.25, 0.3) is 0 Å². The van der Waals surface area contributed by atoms with Gasteiger partial charge in [0.1, 0.15) is 5.82 Å². The molecule has 2 rings (SSSR count). The van der Waals surface area contributed by atoms with E-state index >= 15 is 0 Å². The Labute approximate surface area is 131 Å². The Hall–Kier alpha value is -0.450. The number of rotatable bonds is 6. The summed E-state index contributed by atoms with van der Waals surface area (Å²) >= 11 is 8.41. The molecular formula is C15H24ClN3S. The highest BCUT2D eigenvalue weighted by atomic mass is 35.5. The number of hydrogen-bond donors (Lipinski definition) is 1. The Kier molecular flexibility index (Phi) is 6.00. The second-order valence-electron chi connectivity index (χ2n) is 5.80. The topological polar surface area (TPSA) is 28.2 Å². The number of aromatic nitrogens is 1. The second kappa shape index (κ2) is 7.53. The molecule has 2 heterocycles. The highest BCUT2D eigenvalue weighted by molar-refractivity contribution is 7.99. The molecule has 0 bridgehead atoms. The zero-order valence-electron chi connectivity index (χ0n) is 12.5. The normalized spacial score (nSPS) is 18.8. The fraction of sp³-hybridized carbons (Fsp3) is 0.667. The van der Waals surface area contributed by atoms with Crippen LogP contribution in [0.15, 0.2) is 12.3 Å². The zero-order chi connectivity index (χ0) is 14.5. The van der Waals surface area contributed by atoms with Crippen molar-refractivity contribution < 1.29 is 0 Å². The Morgan fingerprint density at radius 2 is 2.35 bits per heavy atom.